The van der Waals surface area contributed by atoms with E-state index in [-0.39, 0.29) is 11.6 Å². The summed E-state index contributed by atoms with van der Waals surface area (Å²) in [7, 11) is 0. The Hall–Kier alpha value is -3.56. The van der Waals surface area contributed by atoms with E-state index in [1.165, 1.54) is 0 Å². The summed E-state index contributed by atoms with van der Waals surface area (Å²) < 4.78 is 0. The van der Waals surface area contributed by atoms with E-state index < -0.39 is 11.5 Å². The molecule has 0 aromatic rings. The first-order valence-corrected chi connectivity index (χ1v) is 13.2. The predicted octanol–water partition coefficient (Wildman–Crippen LogP) is 8.13. The highest BCUT2D eigenvalue weighted by atomic mass is 16.3. The molecule has 2 aliphatic rings. The fourth-order valence-electron chi connectivity index (χ4n) is 4.18. The highest BCUT2D eigenvalue weighted by molar-refractivity contribution is 6.03. The molecule has 38 heavy (non-hydrogen) atoms. The third kappa shape index (κ3) is 9.39. The van der Waals surface area contributed by atoms with Gasteiger partial charge in [0.15, 0.2) is 11.6 Å². The Bertz CT molecular complexity index is 1260. The first-order chi connectivity index (χ1) is 17.9. The molecule has 0 saturated carbocycles. The molecule has 0 heterocycles. The lowest BCUT2D eigenvalue weighted by Crippen LogP contribution is -2.30. The van der Waals surface area contributed by atoms with Crippen LogP contribution in [0.25, 0.3) is 0 Å². The first-order valence-electron chi connectivity index (χ1n) is 13.2. The molecule has 0 radical (unpaired) electrons. The maximum absolute atomic E-state index is 12.1. The minimum atomic E-state index is -0.968. The molecule has 1 atom stereocenters. The Labute approximate surface area is 229 Å². The van der Waals surface area contributed by atoms with Gasteiger partial charge in [0.25, 0.3) is 0 Å². The number of aliphatic hydroxyl groups is 1. The summed E-state index contributed by atoms with van der Waals surface area (Å²) in [4.78, 5) is 23.4. The van der Waals surface area contributed by atoms with Gasteiger partial charge in [-0.15, -0.1) is 0 Å². The number of ketones is 2. The molecule has 0 aromatic carbocycles. The zero-order valence-corrected chi connectivity index (χ0v) is 23.9. The zero-order chi connectivity index (χ0) is 28.3. The number of carbonyl (C=O) groups excluding carboxylic acids is 2. The largest absolute Gasteiger partial charge is 0.384 e. The van der Waals surface area contributed by atoms with Crippen LogP contribution in [0.1, 0.15) is 61.3 Å². The summed E-state index contributed by atoms with van der Waals surface area (Å²) in [5.41, 5.74) is 6.55. The maximum atomic E-state index is 12.1. The molecular formula is C35H42O3. The van der Waals surface area contributed by atoms with Gasteiger partial charge in [-0.05, 0) is 63.8 Å². The first kappa shape index (κ1) is 30.7. The van der Waals surface area contributed by atoms with E-state index in [2.05, 4.69) is 38.2 Å². The van der Waals surface area contributed by atoms with Crippen LogP contribution in [0, 0.1) is 5.41 Å². The van der Waals surface area contributed by atoms with Gasteiger partial charge >= 0.3 is 0 Å². The normalized spacial score (nSPS) is 22.2. The van der Waals surface area contributed by atoms with Crippen molar-refractivity contribution in [2.45, 2.75) is 67.4 Å². The summed E-state index contributed by atoms with van der Waals surface area (Å²) in [6.45, 7) is 13.8. The molecule has 1 unspecified atom stereocenters. The minimum absolute atomic E-state index is 0.182. The SMILES string of the molecule is CC1=C(/C=C/C(C)=C/C=C/C(C)=C/C=C/C=C(C)/C=C/C=C(C)/C=C/C2=CC(=O)CC2)C(C)(C)C(O)C1=O. The van der Waals surface area contributed by atoms with Crippen LogP contribution in [0.5, 0.6) is 0 Å². The van der Waals surface area contributed by atoms with Crippen molar-refractivity contribution in [3.8, 4) is 0 Å². The van der Waals surface area contributed by atoms with E-state index in [1.54, 1.807) is 13.0 Å². The van der Waals surface area contributed by atoms with Crippen molar-refractivity contribution in [1.82, 2.24) is 0 Å². The van der Waals surface area contributed by atoms with E-state index >= 15 is 0 Å². The second-order valence-corrected chi connectivity index (χ2v) is 10.6. The van der Waals surface area contributed by atoms with Gasteiger partial charge < -0.3 is 5.11 Å². The van der Waals surface area contributed by atoms with Gasteiger partial charge in [0.2, 0.25) is 0 Å². The lowest BCUT2D eigenvalue weighted by atomic mass is 9.83. The molecule has 0 saturated heterocycles. The molecule has 3 heteroatoms. The second kappa shape index (κ2) is 14.4. The lowest BCUT2D eigenvalue weighted by molar-refractivity contribution is -0.125. The third-order valence-corrected chi connectivity index (χ3v) is 6.75. The van der Waals surface area contributed by atoms with Crippen LogP contribution >= 0.6 is 0 Å². The molecular weight excluding hydrogens is 468 g/mol. The fraction of sp³-hybridized carbons (Fsp3) is 0.314. The lowest BCUT2D eigenvalue weighted by Gasteiger charge is -2.24. The van der Waals surface area contributed by atoms with E-state index in [0.29, 0.717) is 12.0 Å². The van der Waals surface area contributed by atoms with Crippen molar-refractivity contribution >= 4 is 11.6 Å². The summed E-state index contributed by atoms with van der Waals surface area (Å²) in [6.07, 6.45) is 30.7. The minimum Gasteiger partial charge on any atom is -0.384 e. The average Bonchev–Trinajstić information content (AvgIpc) is 3.34. The number of hydrogen-bond acceptors (Lipinski definition) is 3. The number of Topliss-reactive ketones (excluding diaryl/α,β-unsaturated/α-hetero) is 1. The van der Waals surface area contributed by atoms with Crippen molar-refractivity contribution in [2.75, 3.05) is 0 Å². The Kier molecular flexibility index (Phi) is 11.6. The molecule has 1 N–H and O–H groups in total. The van der Waals surface area contributed by atoms with Gasteiger partial charge in [0.1, 0.15) is 6.10 Å². The van der Waals surface area contributed by atoms with Crippen LogP contribution in [0.3, 0.4) is 0 Å². The van der Waals surface area contributed by atoms with Crippen LogP contribution in [-0.2, 0) is 9.59 Å². The monoisotopic (exact) mass is 510 g/mol. The second-order valence-electron chi connectivity index (χ2n) is 10.6. The Balaban J connectivity index is 1.87. The van der Waals surface area contributed by atoms with Gasteiger partial charge in [-0.1, -0.05) is 121 Å². The zero-order valence-electron chi connectivity index (χ0n) is 23.9. The predicted molar refractivity (Wildman–Crippen MR) is 161 cm³/mol. The number of carbonyl (C=O) groups is 2. The quantitative estimate of drug-likeness (QED) is 0.302. The number of aliphatic hydroxyl groups excluding tert-OH is 1. The van der Waals surface area contributed by atoms with E-state index in [0.717, 1.165) is 39.9 Å². The summed E-state index contributed by atoms with van der Waals surface area (Å²) in [5.74, 6) is 0.0370. The van der Waals surface area contributed by atoms with Crippen LogP contribution < -0.4 is 0 Å². The molecule has 0 aliphatic heterocycles. The van der Waals surface area contributed by atoms with Gasteiger partial charge in [-0.2, -0.15) is 0 Å². The third-order valence-electron chi connectivity index (χ3n) is 6.75. The molecule has 3 nitrogen and oxygen atoms in total. The van der Waals surface area contributed by atoms with Crippen LogP contribution in [0.2, 0.25) is 0 Å². The highest BCUT2D eigenvalue weighted by Crippen LogP contribution is 2.41. The molecule has 0 amide bonds. The van der Waals surface area contributed by atoms with Gasteiger partial charge in [0.05, 0.1) is 0 Å². The highest BCUT2D eigenvalue weighted by Gasteiger charge is 2.43. The maximum Gasteiger partial charge on any atom is 0.188 e. The molecule has 200 valence electrons. The van der Waals surface area contributed by atoms with Crippen molar-refractivity contribution in [3.05, 3.63) is 130 Å². The van der Waals surface area contributed by atoms with Crippen LogP contribution in [0.15, 0.2) is 130 Å². The van der Waals surface area contributed by atoms with Crippen LogP contribution in [-0.4, -0.2) is 22.8 Å². The molecule has 2 rings (SSSR count). The van der Waals surface area contributed by atoms with Gasteiger partial charge in [-0.3, -0.25) is 9.59 Å². The summed E-state index contributed by atoms with van der Waals surface area (Å²) in [6, 6.07) is 0. The Morgan fingerprint density at radius 2 is 1.24 bits per heavy atom. The molecule has 2 aliphatic carbocycles. The molecule has 0 bridgehead atoms. The van der Waals surface area contributed by atoms with Crippen molar-refractivity contribution < 1.29 is 14.7 Å². The average molecular weight is 511 g/mol. The topological polar surface area (TPSA) is 54.4 Å². The molecule has 0 fully saturated rings. The molecule has 0 spiro atoms. The van der Waals surface area contributed by atoms with Crippen molar-refractivity contribution in [1.29, 1.82) is 0 Å². The fourth-order valence-corrected chi connectivity index (χ4v) is 4.18. The standard InChI is InChI=1S/C35H42O3/c1-25(14-10-16-27(3)18-20-30-21-22-31(36)24-30)12-8-9-13-26(2)15-11-17-28(4)19-23-32-29(5)33(37)34(38)35(32,6)7/h8-20,23-24,34,38H,21-22H2,1-7H3/b9-8+,14-10+,15-11+,20-18+,23-19+,25-12+,26-13+,27-16+,28-17+. The number of hydrogen-bond donors (Lipinski definition) is 1. The molecule has 0 aromatic heterocycles. The van der Waals surface area contributed by atoms with Gasteiger partial charge in [-0.25, -0.2) is 0 Å². The van der Waals surface area contributed by atoms with E-state index in [9.17, 15) is 14.7 Å². The Morgan fingerprint density at radius 1 is 0.763 bits per heavy atom. The van der Waals surface area contributed by atoms with Crippen molar-refractivity contribution in [2.24, 2.45) is 5.41 Å². The Morgan fingerprint density at radius 3 is 1.68 bits per heavy atom. The van der Waals surface area contributed by atoms with Gasteiger partial charge in [0, 0.05) is 11.8 Å². The van der Waals surface area contributed by atoms with E-state index in [1.807, 2.05) is 88.5 Å². The number of allylic oxidation sites excluding steroid dienone is 20. The van der Waals surface area contributed by atoms with E-state index in [4.69, 9.17) is 0 Å². The summed E-state index contributed by atoms with van der Waals surface area (Å²) in [5, 5.41) is 10.2. The van der Waals surface area contributed by atoms with Crippen molar-refractivity contribution in [3.63, 3.8) is 0 Å². The smallest absolute Gasteiger partial charge is 0.188 e. The summed E-state index contributed by atoms with van der Waals surface area (Å²) >= 11 is 0. The van der Waals surface area contributed by atoms with Crippen LogP contribution in [0.4, 0.5) is 0 Å². The number of rotatable bonds is 10.